The van der Waals surface area contributed by atoms with Gasteiger partial charge in [-0.1, -0.05) is 107 Å². The average Bonchev–Trinajstić information content (AvgIpc) is 2.16. The molecular weight excluding hydrogens is 1230 g/mol. The average molecular weight is 1300 g/mol. The van der Waals surface area contributed by atoms with E-state index in [2.05, 4.69) is 19.9 Å². The number of H-pyrrole nitrogens is 1. The highest BCUT2D eigenvalue weighted by atomic mass is 32.1. The molecule has 5 heterocycles. The van der Waals surface area contributed by atoms with Crippen molar-refractivity contribution in [1.29, 1.82) is 0 Å². The van der Waals surface area contributed by atoms with Gasteiger partial charge < -0.3 is 27.7 Å². The molecule has 0 spiro atoms. The van der Waals surface area contributed by atoms with Gasteiger partial charge in [0.05, 0.1) is 49.3 Å². The Hall–Kier alpha value is -10.5. The lowest BCUT2D eigenvalue weighted by Gasteiger charge is -2.14. The molecule has 93 heavy (non-hydrogen) atoms. The number of benzene rings is 7. The zero-order valence-electron chi connectivity index (χ0n) is 50.8. The lowest BCUT2D eigenvalue weighted by Crippen LogP contribution is -2.12. The molecule has 0 aliphatic heterocycles. The molecule has 0 atom stereocenters. The second-order valence-corrected chi connectivity index (χ2v) is 20.3. The molecule has 7 aromatic carbocycles. The number of ether oxygens (including phenoxy) is 2. The molecule has 0 fully saturated rings. The van der Waals surface area contributed by atoms with Gasteiger partial charge in [0.1, 0.15) is 52.0 Å². The number of furan rings is 1. The Morgan fingerprint density at radius 2 is 0.957 bits per heavy atom. The van der Waals surface area contributed by atoms with Gasteiger partial charge in [0.2, 0.25) is 5.89 Å². The molecule has 0 aliphatic rings. The van der Waals surface area contributed by atoms with Crippen molar-refractivity contribution in [1.82, 2.24) is 19.9 Å². The first-order valence-corrected chi connectivity index (χ1v) is 29.9. The monoisotopic (exact) mass is 1290 g/mol. The molecule has 9 nitrogen and oxygen atoms in total. The van der Waals surface area contributed by atoms with Gasteiger partial charge in [0, 0.05) is 51.4 Å². The van der Waals surface area contributed by atoms with E-state index in [9.17, 15) is 43.9 Å². The summed E-state index contributed by atoms with van der Waals surface area (Å²) in [4.78, 5) is 16.8. The Bertz CT molecular complexity index is 4020. The zero-order chi connectivity index (χ0) is 66.7. The number of oxazole rings is 2. The van der Waals surface area contributed by atoms with E-state index in [1.54, 1.807) is 139 Å². The number of nitrogens with one attached hydrogen (secondary N) is 1. The van der Waals surface area contributed by atoms with E-state index in [1.807, 2.05) is 56.7 Å². The molecule has 5 aromatic heterocycles. The quantitative estimate of drug-likeness (QED) is 0.101. The Kier molecular flexibility index (Phi) is 23.6. The lowest BCUT2D eigenvalue weighted by atomic mass is 10.0. The van der Waals surface area contributed by atoms with Gasteiger partial charge in [0.25, 0.3) is 0 Å². The lowest BCUT2D eigenvalue weighted by molar-refractivity contribution is -0.143. The maximum atomic E-state index is 13.7. The molecule has 12 rings (SSSR count). The molecule has 1 N–H and O–H groups in total. The number of hydrogen-bond donors (Lipinski definition) is 1. The normalized spacial score (nSPS) is 11.2. The second kappa shape index (κ2) is 32.0. The maximum Gasteiger partial charge on any atom is 0.416 e. The van der Waals surface area contributed by atoms with E-state index >= 15 is 0 Å². The number of nitrogens with zero attached hydrogens (tertiary/aromatic N) is 3. The highest BCUT2D eigenvalue weighted by Gasteiger charge is 2.37. The number of rotatable bonds is 15. The van der Waals surface area contributed by atoms with Crippen molar-refractivity contribution in [3.63, 3.8) is 0 Å². The highest BCUT2D eigenvalue weighted by Crippen LogP contribution is 2.40. The first-order valence-electron chi connectivity index (χ1n) is 29.0. The first kappa shape index (κ1) is 68.4. The third kappa shape index (κ3) is 18.6. The summed E-state index contributed by atoms with van der Waals surface area (Å²) in [6.07, 6.45) is 0.383. The van der Waals surface area contributed by atoms with Crippen molar-refractivity contribution in [3.8, 4) is 79.2 Å². The first-order chi connectivity index (χ1) is 44.8. The summed E-state index contributed by atoms with van der Waals surface area (Å²) in [5.74, 6) is 1.54. The van der Waals surface area contributed by atoms with E-state index in [-0.39, 0.29) is 53.6 Å². The summed E-state index contributed by atoms with van der Waals surface area (Å²) < 4.78 is 161. The Balaban J connectivity index is 0.000000178. The summed E-state index contributed by atoms with van der Waals surface area (Å²) in [6, 6.07) is 43.9. The molecule has 0 saturated carbocycles. The Morgan fingerprint density at radius 3 is 1.49 bits per heavy atom. The summed E-state index contributed by atoms with van der Waals surface area (Å²) in [5, 5.41) is 4.03. The largest absolute Gasteiger partial charge is 0.497 e. The standard InChI is InChI=1S/C27H21F6NO3.C21H14F2N2S.C21H13F2NO2.2C2H6/c1-35-21-7-3-5-17(13-21)24-25(18-6-4-8-22(14-18)36-2)37-23(34-24)10-9-16-11-19(26(28,29)30)15-20(12-16)27(31,32)33;22-17-5-1-3-15(11-17)20-21(16-4-2-6-18(23)12-16)25-19(24-20)8-7-14-9-10-26-13-14;22-17-5-1-3-15(11-17)20-21(16-4-2-6-18(23)12-16)26-19(24-20)8-7-14-9-10-25-13-14;2*1-2/h3-8,11-15H,9-10H2,1-2H3;1-13H,(H,24,25);1-13H;2*1-2H3/b;2*8-7+;;. The van der Waals surface area contributed by atoms with Crippen molar-refractivity contribution in [3.05, 3.63) is 268 Å². The predicted octanol–water partition coefficient (Wildman–Crippen LogP) is 22.2. The Labute approximate surface area is 534 Å². The van der Waals surface area contributed by atoms with Gasteiger partial charge in [-0.25, -0.2) is 32.5 Å². The van der Waals surface area contributed by atoms with Gasteiger partial charge in [-0.15, -0.1) is 0 Å². The molecule has 0 saturated heterocycles. The molecule has 20 heteroatoms. The van der Waals surface area contributed by atoms with E-state index in [1.165, 1.54) is 62.8 Å². The van der Waals surface area contributed by atoms with Crippen LogP contribution in [0, 0.1) is 23.3 Å². The minimum absolute atomic E-state index is 0.0282. The summed E-state index contributed by atoms with van der Waals surface area (Å²) in [6.45, 7) is 8.00. The van der Waals surface area contributed by atoms with Crippen LogP contribution in [0.5, 0.6) is 11.5 Å². The van der Waals surface area contributed by atoms with Crippen LogP contribution in [0.4, 0.5) is 43.9 Å². The van der Waals surface area contributed by atoms with Gasteiger partial charge in [-0.05, 0) is 144 Å². The van der Waals surface area contributed by atoms with Crippen LogP contribution in [0.3, 0.4) is 0 Å². The van der Waals surface area contributed by atoms with Crippen molar-refractivity contribution in [2.24, 2.45) is 0 Å². The SMILES string of the molecule is CC.CC.COc1cccc(-c2nc(CCc3cc(C(F)(F)F)cc(C(F)(F)F)c3)oc2-c2cccc(OC)c2)c1.Fc1cccc(-c2nc(/C=C/c3ccoc3)oc2-c2cccc(F)c2)c1.Fc1cccc(-c2nc(/C=C/c3ccsc3)[nH]c2-c2cccc(F)c2)c1. The molecule has 12 aromatic rings. The third-order valence-electron chi connectivity index (χ3n) is 13.3. The van der Waals surface area contributed by atoms with Crippen molar-refractivity contribution >= 4 is 35.6 Å². The van der Waals surface area contributed by atoms with Gasteiger partial charge in [-0.2, -0.15) is 37.7 Å². The van der Waals surface area contributed by atoms with Crippen LogP contribution in [-0.2, 0) is 25.2 Å². The fraction of sp³-hybridized carbons (Fsp3) is 0.137. The number of imidazole rings is 1. The Morgan fingerprint density at radius 1 is 0.473 bits per heavy atom. The van der Waals surface area contributed by atoms with Crippen molar-refractivity contribution in [2.45, 2.75) is 52.9 Å². The molecule has 0 unspecified atom stereocenters. The number of aromatic amines is 1. The fourth-order valence-electron chi connectivity index (χ4n) is 9.13. The van der Waals surface area contributed by atoms with Crippen LogP contribution < -0.4 is 9.47 Å². The maximum absolute atomic E-state index is 13.7. The van der Waals surface area contributed by atoms with Crippen LogP contribution in [0.2, 0.25) is 0 Å². The molecule has 478 valence electrons. The van der Waals surface area contributed by atoms with Crippen LogP contribution in [0.1, 0.15) is 73.1 Å². The smallest absolute Gasteiger partial charge is 0.416 e. The summed E-state index contributed by atoms with van der Waals surface area (Å²) in [7, 11) is 3.03. The van der Waals surface area contributed by atoms with Crippen LogP contribution in [-0.4, -0.2) is 34.2 Å². The number of halogens is 10. The molecule has 0 bridgehead atoms. The number of thiophene rings is 1. The minimum atomic E-state index is -4.92. The van der Waals surface area contributed by atoms with E-state index in [0.717, 1.165) is 11.1 Å². The minimum Gasteiger partial charge on any atom is -0.497 e. The van der Waals surface area contributed by atoms with E-state index in [4.69, 9.17) is 22.7 Å². The molecule has 0 radical (unpaired) electrons. The van der Waals surface area contributed by atoms with Crippen LogP contribution >= 0.6 is 11.3 Å². The topological polar surface area (TPSA) is 112 Å². The fourth-order valence-corrected chi connectivity index (χ4v) is 9.76. The summed E-state index contributed by atoms with van der Waals surface area (Å²) in [5.41, 5.74) is 4.86. The molecule has 0 amide bonds. The van der Waals surface area contributed by atoms with Gasteiger partial charge in [0.15, 0.2) is 17.4 Å². The number of alkyl halides is 6. The second-order valence-electron chi connectivity index (χ2n) is 19.6. The van der Waals surface area contributed by atoms with Crippen LogP contribution in [0.15, 0.2) is 212 Å². The predicted molar refractivity (Wildman–Crippen MR) is 345 cm³/mol. The van der Waals surface area contributed by atoms with Crippen LogP contribution in [0.25, 0.3) is 92.0 Å². The zero-order valence-corrected chi connectivity index (χ0v) is 51.7. The van der Waals surface area contributed by atoms with Crippen molar-refractivity contribution in [2.75, 3.05) is 14.2 Å². The third-order valence-corrected chi connectivity index (χ3v) is 14.0. The molecule has 0 aliphatic carbocycles. The number of hydrogen-bond acceptors (Lipinski definition) is 9. The number of methoxy groups -OCH3 is 2. The summed E-state index contributed by atoms with van der Waals surface area (Å²) >= 11 is 1.61. The number of aryl methyl sites for hydroxylation is 2. The van der Waals surface area contributed by atoms with E-state index < -0.39 is 23.5 Å². The molecular formula is C73H60F10N4O5S. The van der Waals surface area contributed by atoms with Crippen molar-refractivity contribution < 1.29 is 66.6 Å². The highest BCUT2D eigenvalue weighted by molar-refractivity contribution is 7.08. The van der Waals surface area contributed by atoms with Gasteiger partial charge >= 0.3 is 12.4 Å². The van der Waals surface area contributed by atoms with Gasteiger partial charge in [-0.3, -0.25) is 0 Å². The van der Waals surface area contributed by atoms with E-state index in [0.29, 0.717) is 103 Å². The number of aromatic nitrogens is 4.